The monoisotopic (exact) mass is 322 g/mol. The molecule has 0 radical (unpaired) electrons. The maximum Gasteiger partial charge on any atom is 0.475 e. The molecule has 0 aromatic carbocycles. The van der Waals surface area contributed by atoms with Gasteiger partial charge in [-0.25, -0.2) is 18.7 Å². The van der Waals surface area contributed by atoms with E-state index in [9.17, 15) is 14.2 Å². The first kappa shape index (κ1) is 19.5. The lowest BCUT2D eigenvalue weighted by molar-refractivity contribution is -0.314. The smallest absolute Gasteiger partial charge is 0.394 e. The first-order valence-electron chi connectivity index (χ1n) is 5.96. The molecule has 8 nitrogen and oxygen atoms in total. The average molecular weight is 322 g/mol. The van der Waals surface area contributed by atoms with Gasteiger partial charge in [-0.05, 0) is 20.3 Å². The summed E-state index contributed by atoms with van der Waals surface area (Å²) in [6.07, 6.45) is -0.0386. The van der Waals surface area contributed by atoms with Crippen LogP contribution in [0.25, 0.3) is 0 Å². The number of carbonyl (C=O) groups is 2. The molecule has 120 valence electrons. The molecule has 0 spiro atoms. The number of esters is 2. The normalized spacial score (nSPS) is 11.7. The molecule has 0 heterocycles. The van der Waals surface area contributed by atoms with Crippen molar-refractivity contribution in [2.45, 2.75) is 39.6 Å². The van der Waals surface area contributed by atoms with Crippen LogP contribution >= 0.6 is 7.82 Å². The van der Waals surface area contributed by atoms with Crippen LogP contribution in [0.3, 0.4) is 0 Å². The van der Waals surface area contributed by atoms with E-state index in [0.717, 1.165) is 0 Å². The Morgan fingerprint density at radius 3 is 1.71 bits per heavy atom. The van der Waals surface area contributed by atoms with Gasteiger partial charge in [-0.2, -0.15) is 0 Å². The van der Waals surface area contributed by atoms with Crippen molar-refractivity contribution in [3.63, 3.8) is 0 Å². The van der Waals surface area contributed by atoms with Crippen molar-refractivity contribution in [3.8, 4) is 0 Å². The van der Waals surface area contributed by atoms with Crippen LogP contribution in [0.15, 0.2) is 24.3 Å². The number of hydrogen-bond donors (Lipinski definition) is 2. The summed E-state index contributed by atoms with van der Waals surface area (Å²) >= 11 is 0. The van der Waals surface area contributed by atoms with Crippen LogP contribution in [-0.4, -0.2) is 27.7 Å². The summed E-state index contributed by atoms with van der Waals surface area (Å²) in [6, 6.07) is 0. The van der Waals surface area contributed by atoms with Crippen molar-refractivity contribution in [1.29, 1.82) is 0 Å². The Labute approximate surface area is 122 Å². The van der Waals surface area contributed by atoms with Crippen LogP contribution in [-0.2, 0) is 28.2 Å². The second-order valence-corrected chi connectivity index (χ2v) is 5.52. The third kappa shape index (κ3) is 7.19. The summed E-state index contributed by atoms with van der Waals surface area (Å²) in [7, 11) is -5.10. The second-order valence-electron chi connectivity index (χ2n) is 4.35. The van der Waals surface area contributed by atoms with Crippen molar-refractivity contribution in [2.75, 3.05) is 0 Å². The molecule has 0 saturated heterocycles. The van der Waals surface area contributed by atoms with E-state index in [1.54, 1.807) is 6.92 Å². The second kappa shape index (κ2) is 7.51. The molecule has 0 saturated carbocycles. The van der Waals surface area contributed by atoms with E-state index >= 15 is 0 Å². The predicted molar refractivity (Wildman–Crippen MR) is 72.6 cm³/mol. The van der Waals surface area contributed by atoms with Gasteiger partial charge >= 0.3 is 25.7 Å². The number of hydrogen-bond acceptors (Lipinski definition) is 6. The molecule has 0 aliphatic rings. The first-order chi connectivity index (χ1) is 9.42. The molecule has 0 fully saturated rings. The van der Waals surface area contributed by atoms with Gasteiger partial charge in [0, 0.05) is 11.1 Å². The zero-order valence-corrected chi connectivity index (χ0v) is 13.0. The maximum atomic E-state index is 11.6. The van der Waals surface area contributed by atoms with E-state index in [1.165, 1.54) is 13.8 Å². The summed E-state index contributed by atoms with van der Waals surface area (Å²) in [5, 5.41) is 0. The minimum absolute atomic E-state index is 0.0591. The highest BCUT2D eigenvalue weighted by molar-refractivity contribution is 7.46. The lowest BCUT2D eigenvalue weighted by atomic mass is 10.3. The Morgan fingerprint density at radius 1 is 1.10 bits per heavy atom. The molecule has 0 unspecified atom stereocenters. The molecule has 0 aromatic heterocycles. The van der Waals surface area contributed by atoms with Gasteiger partial charge in [-0.15, -0.1) is 0 Å². The fraction of sp³-hybridized carbons (Fsp3) is 0.500. The van der Waals surface area contributed by atoms with Gasteiger partial charge in [0.15, 0.2) is 0 Å². The third-order valence-corrected chi connectivity index (χ3v) is 2.52. The number of carbonyl (C=O) groups excluding carboxylic acids is 2. The van der Waals surface area contributed by atoms with Crippen LogP contribution < -0.4 is 0 Å². The Balaban J connectivity index is 5.57. The van der Waals surface area contributed by atoms with Crippen LogP contribution in [0.5, 0.6) is 0 Å². The maximum absolute atomic E-state index is 11.6. The molecule has 0 aliphatic heterocycles. The van der Waals surface area contributed by atoms with Gasteiger partial charge in [-0.3, -0.25) is 0 Å². The van der Waals surface area contributed by atoms with E-state index in [-0.39, 0.29) is 24.0 Å². The molecule has 9 heteroatoms. The van der Waals surface area contributed by atoms with Crippen LogP contribution in [0.4, 0.5) is 0 Å². The molecule has 0 amide bonds. The molecule has 0 aliphatic carbocycles. The number of phosphoric ester groups is 1. The molecule has 0 rings (SSSR count). The lowest BCUT2D eigenvalue weighted by Gasteiger charge is -2.31. The van der Waals surface area contributed by atoms with Crippen molar-refractivity contribution in [3.05, 3.63) is 24.3 Å². The van der Waals surface area contributed by atoms with Gasteiger partial charge in [0.05, 0.1) is 6.42 Å². The van der Waals surface area contributed by atoms with E-state index in [4.69, 9.17) is 19.3 Å². The van der Waals surface area contributed by atoms with Crippen molar-refractivity contribution in [1.82, 2.24) is 0 Å². The van der Waals surface area contributed by atoms with E-state index in [0.29, 0.717) is 0 Å². The van der Waals surface area contributed by atoms with Crippen molar-refractivity contribution in [2.24, 2.45) is 0 Å². The Bertz CT molecular complexity index is 461. The molecule has 2 N–H and O–H groups in total. The fourth-order valence-corrected chi connectivity index (χ4v) is 1.68. The number of ether oxygens (including phenoxy) is 2. The quantitative estimate of drug-likeness (QED) is 0.300. The highest BCUT2D eigenvalue weighted by atomic mass is 31.2. The predicted octanol–water partition coefficient (Wildman–Crippen LogP) is 1.79. The largest absolute Gasteiger partial charge is 0.475 e. The van der Waals surface area contributed by atoms with E-state index in [2.05, 4.69) is 17.7 Å². The minimum atomic E-state index is -5.10. The first-order valence-corrected chi connectivity index (χ1v) is 7.49. The highest BCUT2D eigenvalue weighted by Crippen LogP contribution is 2.44. The number of phosphoric acid groups is 1. The SMILES string of the molecule is C=C(C)C(=O)OC(CCC)(OC(=O)C(=C)C)OP(=O)(O)O. The summed E-state index contributed by atoms with van der Waals surface area (Å²) in [5.74, 6) is -4.59. The Hall–Kier alpha value is -1.47. The topological polar surface area (TPSA) is 119 Å². The van der Waals surface area contributed by atoms with Crippen LogP contribution in [0, 0.1) is 0 Å². The Kier molecular flexibility index (Phi) is 6.99. The number of rotatable bonds is 8. The Morgan fingerprint density at radius 2 is 1.48 bits per heavy atom. The molecule has 0 atom stereocenters. The van der Waals surface area contributed by atoms with E-state index < -0.39 is 25.7 Å². The standard InChI is InChI=1S/C12H19O8P/c1-6-7-12(20-21(15,16)17,18-10(13)8(2)3)19-11(14)9(4)5/h2,4,6-7H2,1,3,5H3,(H2,15,16,17). The minimum Gasteiger partial charge on any atom is -0.394 e. The van der Waals surface area contributed by atoms with Gasteiger partial charge in [0.1, 0.15) is 0 Å². The zero-order chi connectivity index (χ0) is 16.8. The van der Waals surface area contributed by atoms with Gasteiger partial charge < -0.3 is 19.3 Å². The van der Waals surface area contributed by atoms with Gasteiger partial charge in [0.25, 0.3) is 0 Å². The van der Waals surface area contributed by atoms with E-state index in [1.807, 2.05) is 0 Å². The van der Waals surface area contributed by atoms with Crippen LogP contribution in [0.2, 0.25) is 0 Å². The summed E-state index contributed by atoms with van der Waals surface area (Å²) in [5.41, 5.74) is -0.118. The van der Waals surface area contributed by atoms with Gasteiger partial charge in [-0.1, -0.05) is 20.1 Å². The van der Waals surface area contributed by atoms with Gasteiger partial charge in [0.2, 0.25) is 0 Å². The van der Waals surface area contributed by atoms with Crippen LogP contribution in [0.1, 0.15) is 33.6 Å². The van der Waals surface area contributed by atoms with Crippen molar-refractivity contribution < 1.29 is 37.9 Å². The third-order valence-electron chi connectivity index (χ3n) is 2.01. The summed E-state index contributed by atoms with van der Waals surface area (Å²) in [4.78, 5) is 41.1. The molecule has 0 bridgehead atoms. The fourth-order valence-electron chi connectivity index (χ4n) is 1.15. The molecular weight excluding hydrogens is 303 g/mol. The molecule has 21 heavy (non-hydrogen) atoms. The average Bonchev–Trinajstić information content (AvgIpc) is 2.25. The highest BCUT2D eigenvalue weighted by Gasteiger charge is 2.45. The van der Waals surface area contributed by atoms with Crippen molar-refractivity contribution >= 4 is 19.8 Å². The molecular formula is C12H19O8P. The summed E-state index contributed by atoms with van der Waals surface area (Å²) in [6.45, 7) is 10.9. The zero-order valence-electron chi connectivity index (χ0n) is 12.1. The molecule has 0 aromatic rings. The summed E-state index contributed by atoms with van der Waals surface area (Å²) < 4.78 is 25.1. The lowest BCUT2D eigenvalue weighted by Crippen LogP contribution is -2.42.